The van der Waals surface area contributed by atoms with Crippen molar-refractivity contribution in [3.63, 3.8) is 0 Å². The summed E-state index contributed by atoms with van der Waals surface area (Å²) in [6.07, 6.45) is 0.559. The van der Waals surface area contributed by atoms with Crippen LogP contribution in [0, 0.1) is 0 Å². The first-order chi connectivity index (χ1) is 6.24. The molecular formula is C7H7ClN4O. The second kappa shape index (κ2) is 4.67. The lowest BCUT2D eigenvalue weighted by molar-refractivity contribution is 0.182. The van der Waals surface area contributed by atoms with Gasteiger partial charge in [-0.15, -0.1) is 0 Å². The summed E-state index contributed by atoms with van der Waals surface area (Å²) in [6, 6.07) is 3.20. The van der Waals surface area contributed by atoms with Crippen molar-refractivity contribution in [2.75, 3.05) is 6.54 Å². The number of nitrogens with zero attached hydrogens (tertiary/aromatic N) is 4. The molecule has 0 amide bonds. The van der Waals surface area contributed by atoms with Gasteiger partial charge in [0.25, 0.3) is 0 Å². The molecule has 0 saturated carbocycles. The SMILES string of the molecule is [N-]=[N+]=NC[C@@H](O)c1ccc(Cl)cn1. The van der Waals surface area contributed by atoms with E-state index in [1.165, 1.54) is 6.20 Å². The summed E-state index contributed by atoms with van der Waals surface area (Å²) in [5, 5.41) is 13.1. The molecule has 13 heavy (non-hydrogen) atoms. The molecule has 1 rings (SSSR count). The number of hydrogen-bond donors (Lipinski definition) is 1. The van der Waals surface area contributed by atoms with Crippen LogP contribution in [0.3, 0.4) is 0 Å². The van der Waals surface area contributed by atoms with E-state index in [0.717, 1.165) is 0 Å². The smallest absolute Gasteiger partial charge is 0.102 e. The van der Waals surface area contributed by atoms with E-state index in [4.69, 9.17) is 17.1 Å². The van der Waals surface area contributed by atoms with Crippen LogP contribution >= 0.6 is 11.6 Å². The van der Waals surface area contributed by atoms with E-state index >= 15 is 0 Å². The quantitative estimate of drug-likeness (QED) is 0.458. The number of azide groups is 1. The summed E-state index contributed by atoms with van der Waals surface area (Å²) in [7, 11) is 0. The molecule has 0 radical (unpaired) electrons. The van der Waals surface area contributed by atoms with Crippen molar-refractivity contribution in [1.82, 2.24) is 4.98 Å². The van der Waals surface area contributed by atoms with Crippen molar-refractivity contribution in [3.8, 4) is 0 Å². The van der Waals surface area contributed by atoms with E-state index in [1.807, 2.05) is 0 Å². The molecule has 0 aromatic carbocycles. The Kier molecular flexibility index (Phi) is 3.52. The molecule has 1 atom stereocenters. The number of pyridine rings is 1. The number of halogens is 1. The van der Waals surface area contributed by atoms with Crippen LogP contribution < -0.4 is 0 Å². The zero-order valence-corrected chi connectivity index (χ0v) is 7.39. The highest BCUT2D eigenvalue weighted by molar-refractivity contribution is 6.30. The highest BCUT2D eigenvalue weighted by atomic mass is 35.5. The number of hydrogen-bond acceptors (Lipinski definition) is 3. The maximum atomic E-state index is 9.37. The zero-order valence-electron chi connectivity index (χ0n) is 6.63. The normalized spacial score (nSPS) is 11.8. The Labute approximate surface area is 79.6 Å². The average molecular weight is 199 g/mol. The van der Waals surface area contributed by atoms with Gasteiger partial charge < -0.3 is 5.11 Å². The third-order valence-electron chi connectivity index (χ3n) is 1.41. The second-order valence-electron chi connectivity index (χ2n) is 2.33. The van der Waals surface area contributed by atoms with Gasteiger partial charge in [0.2, 0.25) is 0 Å². The Balaban J connectivity index is 2.71. The Bertz CT molecular complexity index is 320. The number of aliphatic hydroxyl groups is 1. The van der Waals surface area contributed by atoms with Gasteiger partial charge in [-0.3, -0.25) is 4.98 Å². The fraction of sp³-hybridized carbons (Fsp3) is 0.286. The first kappa shape index (κ1) is 9.80. The van der Waals surface area contributed by atoms with Crippen molar-refractivity contribution in [1.29, 1.82) is 0 Å². The van der Waals surface area contributed by atoms with Crippen LogP contribution in [0.2, 0.25) is 5.02 Å². The van der Waals surface area contributed by atoms with E-state index in [9.17, 15) is 5.11 Å². The molecule has 68 valence electrons. The standard InChI is InChI=1S/C7H7ClN4O/c8-5-1-2-6(10-3-5)7(13)4-11-12-9/h1-3,7,13H,4H2/t7-/m1/s1. The number of rotatable bonds is 3. The summed E-state index contributed by atoms with van der Waals surface area (Å²) < 4.78 is 0. The van der Waals surface area contributed by atoms with E-state index in [2.05, 4.69) is 15.0 Å². The first-order valence-electron chi connectivity index (χ1n) is 3.54. The van der Waals surface area contributed by atoms with Crippen molar-refractivity contribution >= 4 is 11.6 Å². The molecule has 0 saturated heterocycles. The molecule has 0 spiro atoms. The molecular weight excluding hydrogens is 192 g/mol. The van der Waals surface area contributed by atoms with Crippen LogP contribution in [0.5, 0.6) is 0 Å². The molecule has 0 aliphatic carbocycles. The first-order valence-corrected chi connectivity index (χ1v) is 3.92. The summed E-state index contributed by atoms with van der Waals surface area (Å²) in [5.41, 5.74) is 8.45. The minimum absolute atomic E-state index is 0.0227. The molecule has 1 aromatic heterocycles. The predicted molar refractivity (Wildman–Crippen MR) is 48.2 cm³/mol. The van der Waals surface area contributed by atoms with Gasteiger partial charge in [-0.05, 0) is 17.7 Å². The Morgan fingerprint density at radius 1 is 1.69 bits per heavy atom. The maximum absolute atomic E-state index is 9.37. The fourth-order valence-corrected chi connectivity index (χ4v) is 0.904. The van der Waals surface area contributed by atoms with Crippen molar-refractivity contribution in [2.24, 2.45) is 5.11 Å². The fourth-order valence-electron chi connectivity index (χ4n) is 0.792. The highest BCUT2D eigenvalue weighted by Gasteiger charge is 2.06. The predicted octanol–water partition coefficient (Wildman–Crippen LogP) is 2.08. The molecule has 5 nitrogen and oxygen atoms in total. The van der Waals surface area contributed by atoms with Gasteiger partial charge in [0.05, 0.1) is 17.3 Å². The van der Waals surface area contributed by atoms with Crippen LogP contribution in [0.4, 0.5) is 0 Å². The number of aliphatic hydroxyl groups excluding tert-OH is 1. The molecule has 1 heterocycles. The van der Waals surface area contributed by atoms with E-state index in [0.29, 0.717) is 10.7 Å². The molecule has 0 unspecified atom stereocenters. The lowest BCUT2D eigenvalue weighted by Crippen LogP contribution is -2.02. The highest BCUT2D eigenvalue weighted by Crippen LogP contribution is 2.13. The zero-order chi connectivity index (χ0) is 9.68. The Morgan fingerprint density at radius 3 is 3.00 bits per heavy atom. The van der Waals surface area contributed by atoms with Crippen LogP contribution in [0.25, 0.3) is 10.4 Å². The van der Waals surface area contributed by atoms with Crippen LogP contribution in [-0.2, 0) is 0 Å². The van der Waals surface area contributed by atoms with Crippen LogP contribution in [-0.4, -0.2) is 16.6 Å². The molecule has 1 aromatic rings. The third kappa shape index (κ3) is 2.91. The van der Waals surface area contributed by atoms with Gasteiger partial charge >= 0.3 is 0 Å². The van der Waals surface area contributed by atoms with Crippen LogP contribution in [0.1, 0.15) is 11.8 Å². The molecule has 0 aliphatic heterocycles. The topological polar surface area (TPSA) is 81.9 Å². The van der Waals surface area contributed by atoms with E-state index in [1.54, 1.807) is 12.1 Å². The maximum Gasteiger partial charge on any atom is 0.102 e. The minimum Gasteiger partial charge on any atom is -0.387 e. The molecule has 1 N–H and O–H groups in total. The molecule has 0 fully saturated rings. The lowest BCUT2D eigenvalue weighted by Gasteiger charge is -2.05. The van der Waals surface area contributed by atoms with E-state index < -0.39 is 6.10 Å². The second-order valence-corrected chi connectivity index (χ2v) is 2.77. The van der Waals surface area contributed by atoms with Gasteiger partial charge in [0.15, 0.2) is 0 Å². The van der Waals surface area contributed by atoms with Gasteiger partial charge in [-0.25, -0.2) is 0 Å². The lowest BCUT2D eigenvalue weighted by atomic mass is 10.2. The Hall–Kier alpha value is -1.29. The van der Waals surface area contributed by atoms with Gasteiger partial charge in [-0.2, -0.15) is 0 Å². The van der Waals surface area contributed by atoms with Gasteiger partial charge in [0, 0.05) is 11.1 Å². The van der Waals surface area contributed by atoms with Gasteiger partial charge in [-0.1, -0.05) is 16.7 Å². The average Bonchev–Trinajstić information content (AvgIpc) is 2.15. The Morgan fingerprint density at radius 2 is 2.46 bits per heavy atom. The van der Waals surface area contributed by atoms with E-state index in [-0.39, 0.29) is 6.54 Å². The van der Waals surface area contributed by atoms with Crippen molar-refractivity contribution < 1.29 is 5.11 Å². The molecule has 0 aliphatic rings. The van der Waals surface area contributed by atoms with Gasteiger partial charge in [0.1, 0.15) is 6.10 Å². The summed E-state index contributed by atoms with van der Waals surface area (Å²) >= 11 is 5.59. The molecule has 6 heteroatoms. The largest absolute Gasteiger partial charge is 0.387 e. The summed E-state index contributed by atoms with van der Waals surface area (Å²) in [6.45, 7) is -0.0227. The monoisotopic (exact) mass is 198 g/mol. The summed E-state index contributed by atoms with van der Waals surface area (Å²) in [5.74, 6) is 0. The minimum atomic E-state index is -0.867. The third-order valence-corrected chi connectivity index (χ3v) is 1.63. The number of aromatic nitrogens is 1. The van der Waals surface area contributed by atoms with Crippen molar-refractivity contribution in [2.45, 2.75) is 6.10 Å². The summed E-state index contributed by atoms with van der Waals surface area (Å²) in [4.78, 5) is 6.40. The van der Waals surface area contributed by atoms with Crippen molar-refractivity contribution in [3.05, 3.63) is 39.5 Å². The van der Waals surface area contributed by atoms with Crippen LogP contribution in [0.15, 0.2) is 23.4 Å². The molecule has 0 bridgehead atoms.